The van der Waals surface area contributed by atoms with Crippen LogP contribution in [-0.4, -0.2) is 24.1 Å². The number of ether oxygens (including phenoxy) is 1. The zero-order valence-electron chi connectivity index (χ0n) is 13.4. The Morgan fingerprint density at radius 1 is 1.13 bits per heavy atom. The predicted molar refractivity (Wildman–Crippen MR) is 92.0 cm³/mol. The summed E-state index contributed by atoms with van der Waals surface area (Å²) in [6, 6.07) is 15.4. The van der Waals surface area contributed by atoms with Crippen molar-refractivity contribution in [2.45, 2.75) is 6.42 Å². The van der Waals surface area contributed by atoms with Gasteiger partial charge in [-0.15, -0.1) is 0 Å². The third kappa shape index (κ3) is 3.21. The van der Waals surface area contributed by atoms with E-state index in [0.29, 0.717) is 12.1 Å². The first kappa shape index (κ1) is 15.2. The van der Waals surface area contributed by atoms with Crippen molar-refractivity contribution in [3.05, 3.63) is 65.9 Å². The monoisotopic (exact) mass is 308 g/mol. The minimum absolute atomic E-state index is 0.0621. The van der Waals surface area contributed by atoms with E-state index in [1.807, 2.05) is 19.2 Å². The SMILES string of the molecule is COc1ccc(C(=O)NCCc2cn(C)c3ccccc23)cc1. The van der Waals surface area contributed by atoms with Crippen LogP contribution in [-0.2, 0) is 13.5 Å². The molecule has 0 saturated carbocycles. The van der Waals surface area contributed by atoms with Crippen molar-refractivity contribution in [3.8, 4) is 5.75 Å². The van der Waals surface area contributed by atoms with Crippen molar-refractivity contribution < 1.29 is 9.53 Å². The molecule has 1 heterocycles. The Hall–Kier alpha value is -2.75. The highest BCUT2D eigenvalue weighted by molar-refractivity contribution is 5.94. The number of aromatic nitrogens is 1. The summed E-state index contributed by atoms with van der Waals surface area (Å²) in [5, 5.41) is 4.21. The number of nitrogens with zero attached hydrogens (tertiary/aromatic N) is 1. The Bertz CT molecular complexity index is 819. The smallest absolute Gasteiger partial charge is 0.251 e. The van der Waals surface area contributed by atoms with Gasteiger partial charge in [-0.05, 0) is 42.3 Å². The molecule has 3 rings (SSSR count). The highest BCUT2D eigenvalue weighted by Crippen LogP contribution is 2.20. The summed E-state index contributed by atoms with van der Waals surface area (Å²) in [5.41, 5.74) is 3.10. The largest absolute Gasteiger partial charge is 0.497 e. The minimum atomic E-state index is -0.0621. The molecule has 0 bridgehead atoms. The van der Waals surface area contributed by atoms with Gasteiger partial charge in [-0.3, -0.25) is 4.79 Å². The lowest BCUT2D eigenvalue weighted by atomic mass is 10.1. The fourth-order valence-electron chi connectivity index (χ4n) is 2.78. The molecule has 0 fully saturated rings. The Balaban J connectivity index is 1.63. The van der Waals surface area contributed by atoms with E-state index < -0.39 is 0 Å². The summed E-state index contributed by atoms with van der Waals surface area (Å²) in [5.74, 6) is 0.685. The summed E-state index contributed by atoms with van der Waals surface area (Å²) < 4.78 is 7.22. The number of carbonyl (C=O) groups is 1. The van der Waals surface area contributed by atoms with Crippen molar-refractivity contribution in [3.63, 3.8) is 0 Å². The number of methoxy groups -OCH3 is 1. The second kappa shape index (κ2) is 6.57. The van der Waals surface area contributed by atoms with Crippen molar-refractivity contribution in [1.29, 1.82) is 0 Å². The molecular weight excluding hydrogens is 288 g/mol. The van der Waals surface area contributed by atoms with E-state index in [0.717, 1.165) is 12.2 Å². The van der Waals surface area contributed by atoms with Gasteiger partial charge in [0.2, 0.25) is 0 Å². The van der Waals surface area contributed by atoms with Crippen LogP contribution in [0, 0.1) is 0 Å². The van der Waals surface area contributed by atoms with Gasteiger partial charge in [0.1, 0.15) is 5.75 Å². The number of benzene rings is 2. The van der Waals surface area contributed by atoms with E-state index >= 15 is 0 Å². The lowest BCUT2D eigenvalue weighted by Crippen LogP contribution is -2.25. The van der Waals surface area contributed by atoms with E-state index in [1.165, 1.54) is 16.5 Å². The molecule has 0 spiro atoms. The summed E-state index contributed by atoms with van der Waals surface area (Å²) in [4.78, 5) is 12.1. The maximum atomic E-state index is 12.1. The molecule has 0 aliphatic heterocycles. The van der Waals surface area contributed by atoms with Gasteiger partial charge >= 0.3 is 0 Å². The third-order valence-electron chi connectivity index (χ3n) is 4.01. The highest BCUT2D eigenvalue weighted by Gasteiger charge is 2.08. The molecular formula is C19H20N2O2. The molecule has 2 aromatic carbocycles. The van der Waals surface area contributed by atoms with Gasteiger partial charge in [0.15, 0.2) is 0 Å². The molecule has 118 valence electrons. The molecule has 0 atom stereocenters. The molecule has 0 unspecified atom stereocenters. The molecule has 1 amide bonds. The molecule has 0 radical (unpaired) electrons. The van der Waals surface area contributed by atoms with E-state index in [2.05, 4.69) is 28.2 Å². The van der Waals surface area contributed by atoms with E-state index in [9.17, 15) is 4.79 Å². The van der Waals surface area contributed by atoms with Crippen molar-refractivity contribution in [2.75, 3.05) is 13.7 Å². The topological polar surface area (TPSA) is 43.3 Å². The first-order chi connectivity index (χ1) is 11.2. The van der Waals surface area contributed by atoms with Crippen LogP contribution >= 0.6 is 0 Å². The van der Waals surface area contributed by atoms with Gasteiger partial charge in [-0.25, -0.2) is 0 Å². The van der Waals surface area contributed by atoms with E-state index in [1.54, 1.807) is 31.4 Å². The summed E-state index contributed by atoms with van der Waals surface area (Å²) >= 11 is 0. The van der Waals surface area contributed by atoms with Crippen LogP contribution in [0.25, 0.3) is 10.9 Å². The standard InChI is InChI=1S/C19H20N2O2/c1-21-13-15(17-5-3-4-6-18(17)21)11-12-20-19(22)14-7-9-16(23-2)10-8-14/h3-10,13H,11-12H2,1-2H3,(H,20,22). The van der Waals surface area contributed by atoms with Crippen molar-refractivity contribution in [1.82, 2.24) is 9.88 Å². The zero-order chi connectivity index (χ0) is 16.2. The minimum Gasteiger partial charge on any atom is -0.497 e. The highest BCUT2D eigenvalue weighted by atomic mass is 16.5. The van der Waals surface area contributed by atoms with Gasteiger partial charge in [0, 0.05) is 36.3 Å². The van der Waals surface area contributed by atoms with E-state index in [4.69, 9.17) is 4.74 Å². The molecule has 23 heavy (non-hydrogen) atoms. The van der Waals surface area contributed by atoms with Crippen LogP contribution in [0.2, 0.25) is 0 Å². The fraction of sp³-hybridized carbons (Fsp3) is 0.211. The number of amides is 1. The van der Waals surface area contributed by atoms with Crippen molar-refractivity contribution in [2.24, 2.45) is 7.05 Å². The summed E-state index contributed by atoms with van der Waals surface area (Å²) in [7, 11) is 3.65. The molecule has 4 nitrogen and oxygen atoms in total. The van der Waals surface area contributed by atoms with Crippen LogP contribution in [0.15, 0.2) is 54.7 Å². The number of carbonyl (C=O) groups excluding carboxylic acids is 1. The third-order valence-corrected chi connectivity index (χ3v) is 4.01. The average molecular weight is 308 g/mol. The first-order valence-corrected chi connectivity index (χ1v) is 7.64. The molecule has 1 N–H and O–H groups in total. The van der Waals surface area contributed by atoms with Crippen LogP contribution in [0.1, 0.15) is 15.9 Å². The number of rotatable bonds is 5. The van der Waals surface area contributed by atoms with Crippen LogP contribution in [0.4, 0.5) is 0 Å². The van der Waals surface area contributed by atoms with Gasteiger partial charge in [-0.2, -0.15) is 0 Å². The fourth-order valence-corrected chi connectivity index (χ4v) is 2.78. The van der Waals surface area contributed by atoms with Crippen LogP contribution in [0.3, 0.4) is 0 Å². The Kier molecular flexibility index (Phi) is 4.33. The Morgan fingerprint density at radius 3 is 2.61 bits per heavy atom. The van der Waals surface area contributed by atoms with Gasteiger partial charge in [-0.1, -0.05) is 18.2 Å². The lowest BCUT2D eigenvalue weighted by Gasteiger charge is -2.06. The summed E-state index contributed by atoms with van der Waals surface area (Å²) in [6.45, 7) is 0.610. The molecule has 0 aliphatic rings. The molecule has 1 aromatic heterocycles. The quantitative estimate of drug-likeness (QED) is 0.787. The maximum Gasteiger partial charge on any atom is 0.251 e. The molecule has 3 aromatic rings. The number of nitrogens with one attached hydrogen (secondary N) is 1. The van der Waals surface area contributed by atoms with Crippen LogP contribution < -0.4 is 10.1 Å². The second-order valence-electron chi connectivity index (χ2n) is 5.52. The molecule has 0 saturated heterocycles. The lowest BCUT2D eigenvalue weighted by molar-refractivity contribution is 0.0954. The molecule has 0 aliphatic carbocycles. The molecule has 4 heteroatoms. The second-order valence-corrected chi connectivity index (χ2v) is 5.52. The summed E-state index contributed by atoms with van der Waals surface area (Å²) in [6.07, 6.45) is 2.94. The average Bonchev–Trinajstić information content (AvgIpc) is 2.91. The Morgan fingerprint density at radius 2 is 1.87 bits per heavy atom. The Labute approximate surface area is 135 Å². The van der Waals surface area contributed by atoms with Crippen molar-refractivity contribution >= 4 is 16.8 Å². The van der Waals surface area contributed by atoms with Gasteiger partial charge in [0.25, 0.3) is 5.91 Å². The number of hydrogen-bond donors (Lipinski definition) is 1. The van der Waals surface area contributed by atoms with Crippen LogP contribution in [0.5, 0.6) is 5.75 Å². The number of fused-ring (bicyclic) bond motifs is 1. The van der Waals surface area contributed by atoms with E-state index in [-0.39, 0.29) is 5.91 Å². The number of aryl methyl sites for hydroxylation is 1. The number of hydrogen-bond acceptors (Lipinski definition) is 2. The normalized spacial score (nSPS) is 10.7. The first-order valence-electron chi connectivity index (χ1n) is 7.64. The zero-order valence-corrected chi connectivity index (χ0v) is 13.4. The van der Waals surface area contributed by atoms with Gasteiger partial charge < -0.3 is 14.6 Å². The van der Waals surface area contributed by atoms with Gasteiger partial charge in [0.05, 0.1) is 7.11 Å². The maximum absolute atomic E-state index is 12.1. The predicted octanol–water partition coefficient (Wildman–Crippen LogP) is 3.16. The number of para-hydroxylation sites is 1.